The van der Waals surface area contributed by atoms with Crippen LogP contribution in [0.25, 0.3) is 0 Å². The van der Waals surface area contributed by atoms with Crippen LogP contribution in [0.1, 0.15) is 40.0 Å². The Morgan fingerprint density at radius 1 is 1.26 bits per heavy atom. The Morgan fingerprint density at radius 3 is 2.48 bits per heavy atom. The third kappa shape index (κ3) is 6.71. The molecular formula is C21H34O10. The van der Waals surface area contributed by atoms with Crippen molar-refractivity contribution in [2.24, 2.45) is 17.8 Å². The van der Waals surface area contributed by atoms with Crippen LogP contribution in [0.5, 0.6) is 0 Å². The van der Waals surface area contributed by atoms with Crippen molar-refractivity contribution in [1.29, 1.82) is 0 Å². The number of rotatable bonds is 10. The molecule has 0 unspecified atom stereocenters. The highest BCUT2D eigenvalue weighted by atomic mass is 16.7. The Labute approximate surface area is 181 Å². The van der Waals surface area contributed by atoms with Gasteiger partial charge in [-0.15, -0.1) is 0 Å². The molecule has 10 heteroatoms. The molecule has 31 heavy (non-hydrogen) atoms. The van der Waals surface area contributed by atoms with Gasteiger partial charge in [0.1, 0.15) is 30.5 Å². The van der Waals surface area contributed by atoms with E-state index >= 15 is 0 Å². The molecule has 0 aromatic heterocycles. The zero-order chi connectivity index (χ0) is 23.3. The summed E-state index contributed by atoms with van der Waals surface area (Å²) in [5, 5.41) is 48.5. The van der Waals surface area contributed by atoms with E-state index in [0.29, 0.717) is 19.3 Å². The summed E-state index contributed by atoms with van der Waals surface area (Å²) in [4.78, 5) is 23.1. The summed E-state index contributed by atoms with van der Waals surface area (Å²) in [6, 6.07) is 0. The molecule has 0 aromatic rings. The second kappa shape index (κ2) is 11.3. The lowest BCUT2D eigenvalue weighted by Crippen LogP contribution is -2.59. The summed E-state index contributed by atoms with van der Waals surface area (Å²) < 4.78 is 16.2. The molecule has 2 aliphatic rings. The Kier molecular flexibility index (Phi) is 9.41. The van der Waals surface area contributed by atoms with Crippen LogP contribution in [0.15, 0.2) is 11.6 Å². The summed E-state index contributed by atoms with van der Waals surface area (Å²) >= 11 is 0. The van der Waals surface area contributed by atoms with Gasteiger partial charge in [0.25, 0.3) is 0 Å². The van der Waals surface area contributed by atoms with Crippen molar-refractivity contribution < 1.29 is 49.3 Å². The van der Waals surface area contributed by atoms with E-state index in [-0.39, 0.29) is 24.6 Å². The maximum absolute atomic E-state index is 11.5. The first kappa shape index (κ1) is 25.7. The monoisotopic (exact) mass is 446 g/mol. The minimum Gasteiger partial charge on any atom is -0.481 e. The van der Waals surface area contributed by atoms with Crippen molar-refractivity contribution in [1.82, 2.24) is 0 Å². The Morgan fingerprint density at radius 2 is 1.94 bits per heavy atom. The Hall–Kier alpha value is -1.56. The predicted octanol–water partition coefficient (Wildman–Crippen LogP) is -0.182. The van der Waals surface area contributed by atoms with Crippen LogP contribution < -0.4 is 0 Å². The van der Waals surface area contributed by atoms with E-state index < -0.39 is 55.1 Å². The molecule has 5 N–H and O–H groups in total. The highest BCUT2D eigenvalue weighted by Crippen LogP contribution is 2.27. The maximum atomic E-state index is 11.5. The number of carbonyl (C=O) groups excluding carboxylic acids is 1. The van der Waals surface area contributed by atoms with Crippen LogP contribution in [0.4, 0.5) is 0 Å². The van der Waals surface area contributed by atoms with Gasteiger partial charge in [0.15, 0.2) is 6.29 Å². The van der Waals surface area contributed by atoms with Gasteiger partial charge >= 0.3 is 11.9 Å². The van der Waals surface area contributed by atoms with Crippen molar-refractivity contribution in [2.75, 3.05) is 13.2 Å². The lowest BCUT2D eigenvalue weighted by atomic mass is 9.90. The highest BCUT2D eigenvalue weighted by Gasteiger charge is 2.44. The van der Waals surface area contributed by atoms with Crippen LogP contribution in [0.3, 0.4) is 0 Å². The Balaban J connectivity index is 1.97. The minimum atomic E-state index is -1.56. The molecule has 178 valence electrons. The van der Waals surface area contributed by atoms with E-state index in [9.17, 15) is 35.1 Å². The Bertz CT molecular complexity index is 648. The molecule has 0 amide bonds. The fraction of sp³-hybridized carbons (Fsp3) is 0.810. The van der Waals surface area contributed by atoms with E-state index in [2.05, 4.69) is 0 Å². The normalized spacial score (nSPS) is 36.2. The molecule has 2 fully saturated rings. The highest BCUT2D eigenvalue weighted by molar-refractivity contribution is 5.74. The quantitative estimate of drug-likeness (QED) is 0.225. The van der Waals surface area contributed by atoms with Crippen LogP contribution in [0.2, 0.25) is 0 Å². The van der Waals surface area contributed by atoms with Gasteiger partial charge in [-0.3, -0.25) is 9.59 Å². The van der Waals surface area contributed by atoms with Crippen LogP contribution in [0, 0.1) is 17.8 Å². The molecule has 0 bridgehead atoms. The summed E-state index contributed by atoms with van der Waals surface area (Å²) in [6.07, 6.45) is -3.73. The third-order valence-corrected chi connectivity index (χ3v) is 6.04. The molecule has 0 spiro atoms. The van der Waals surface area contributed by atoms with Gasteiger partial charge < -0.3 is 39.7 Å². The van der Waals surface area contributed by atoms with E-state index in [1.165, 1.54) is 0 Å². The van der Waals surface area contributed by atoms with Crippen LogP contribution >= 0.6 is 0 Å². The SMILES string of the molecule is C/C(=C/C[C@@H](CO[C@H]1O[C@@H](CO)[C@@H](O)[C@@H](O)[C@H]1O)[C@@H](C)C(=O)O)C[C@H]1C[C@H](C)C(=O)O1. The molecule has 0 aliphatic carbocycles. The lowest BCUT2D eigenvalue weighted by molar-refractivity contribution is -0.303. The first-order chi connectivity index (χ1) is 14.5. The predicted molar refractivity (Wildman–Crippen MR) is 107 cm³/mol. The zero-order valence-corrected chi connectivity index (χ0v) is 18.1. The lowest BCUT2D eigenvalue weighted by Gasteiger charge is -2.40. The topological polar surface area (TPSA) is 163 Å². The number of hydrogen-bond donors (Lipinski definition) is 5. The van der Waals surface area contributed by atoms with Crippen molar-refractivity contribution in [3.05, 3.63) is 11.6 Å². The van der Waals surface area contributed by atoms with E-state index in [1.54, 1.807) is 6.92 Å². The van der Waals surface area contributed by atoms with Gasteiger partial charge in [-0.1, -0.05) is 25.5 Å². The van der Waals surface area contributed by atoms with Crippen molar-refractivity contribution in [3.8, 4) is 0 Å². The second-order valence-corrected chi connectivity index (χ2v) is 8.60. The van der Waals surface area contributed by atoms with Gasteiger partial charge in [-0.2, -0.15) is 0 Å². The number of aliphatic hydroxyl groups excluding tert-OH is 4. The number of carboxylic acids is 1. The van der Waals surface area contributed by atoms with Crippen LogP contribution in [-0.4, -0.2) is 87.5 Å². The smallest absolute Gasteiger partial charge is 0.309 e. The summed E-state index contributed by atoms with van der Waals surface area (Å²) in [7, 11) is 0. The molecule has 2 rings (SSSR count). The average molecular weight is 446 g/mol. The van der Waals surface area contributed by atoms with Gasteiger partial charge in [0.2, 0.25) is 0 Å². The average Bonchev–Trinajstić information content (AvgIpc) is 3.03. The molecule has 9 atom stereocenters. The summed E-state index contributed by atoms with van der Waals surface area (Å²) in [5.74, 6) is -2.57. The van der Waals surface area contributed by atoms with E-state index in [1.807, 2.05) is 19.9 Å². The first-order valence-electron chi connectivity index (χ1n) is 10.6. The number of cyclic esters (lactones) is 1. The largest absolute Gasteiger partial charge is 0.481 e. The molecule has 2 heterocycles. The number of ether oxygens (including phenoxy) is 3. The third-order valence-electron chi connectivity index (χ3n) is 6.04. The van der Waals surface area contributed by atoms with Crippen LogP contribution in [-0.2, 0) is 23.8 Å². The van der Waals surface area contributed by atoms with Gasteiger partial charge in [0, 0.05) is 6.42 Å². The van der Waals surface area contributed by atoms with Gasteiger partial charge in [-0.25, -0.2) is 0 Å². The fourth-order valence-electron chi connectivity index (χ4n) is 3.78. The molecule has 0 radical (unpaired) electrons. The van der Waals surface area contributed by atoms with Gasteiger partial charge in [0.05, 0.1) is 25.0 Å². The van der Waals surface area contributed by atoms with Crippen molar-refractivity contribution >= 4 is 11.9 Å². The minimum absolute atomic E-state index is 0.0879. The zero-order valence-electron chi connectivity index (χ0n) is 18.1. The second-order valence-electron chi connectivity index (χ2n) is 8.60. The van der Waals surface area contributed by atoms with E-state index in [4.69, 9.17) is 14.2 Å². The first-order valence-corrected chi connectivity index (χ1v) is 10.6. The van der Waals surface area contributed by atoms with Crippen molar-refractivity contribution in [2.45, 2.75) is 76.8 Å². The molecule has 2 aliphatic heterocycles. The number of allylic oxidation sites excluding steroid dienone is 1. The fourth-order valence-corrected chi connectivity index (χ4v) is 3.78. The number of esters is 1. The molecule has 10 nitrogen and oxygen atoms in total. The van der Waals surface area contributed by atoms with E-state index in [0.717, 1.165) is 5.57 Å². The summed E-state index contributed by atoms with van der Waals surface area (Å²) in [5.41, 5.74) is 0.960. The standard InChI is InChI=1S/C21H34O10/c1-10(6-14-7-11(2)20(28)30-14)4-5-13(12(3)19(26)27)9-29-21-18(25)17(24)16(23)15(8-22)31-21/h4,11-18,21-25H,5-9H2,1-3H3,(H,26,27)/b10-4-/t11-,12+,13-,14-,15-,16+,17+,18+,21-/m0/s1. The van der Waals surface area contributed by atoms with Crippen molar-refractivity contribution in [3.63, 3.8) is 0 Å². The number of carboxylic acid groups (broad SMARTS) is 1. The van der Waals surface area contributed by atoms with Gasteiger partial charge in [-0.05, 0) is 25.7 Å². The number of aliphatic carboxylic acids is 1. The number of carbonyl (C=O) groups is 2. The molecule has 0 saturated carbocycles. The maximum Gasteiger partial charge on any atom is 0.309 e. The number of hydrogen-bond acceptors (Lipinski definition) is 9. The molecule has 2 saturated heterocycles. The molecule has 0 aromatic carbocycles. The summed E-state index contributed by atoms with van der Waals surface area (Å²) in [6.45, 7) is 4.59. The molecular weight excluding hydrogens is 412 g/mol. The number of aliphatic hydroxyl groups is 4.